The second-order valence-electron chi connectivity index (χ2n) is 4.21. The van der Waals surface area contributed by atoms with Crippen LogP contribution in [0.2, 0.25) is 0 Å². The zero-order chi connectivity index (χ0) is 9.90. The monoisotopic (exact) mass is 186 g/mol. The van der Waals surface area contributed by atoms with Gasteiger partial charge in [-0.05, 0) is 19.8 Å². The molecule has 1 saturated heterocycles. The van der Waals surface area contributed by atoms with Gasteiger partial charge in [-0.25, -0.2) is 0 Å². The van der Waals surface area contributed by atoms with E-state index in [4.69, 9.17) is 4.74 Å². The number of hydrogen-bond acceptors (Lipinski definition) is 2. The predicted molar refractivity (Wildman–Crippen MR) is 53.7 cm³/mol. The molecule has 1 N–H and O–H groups in total. The Balaban J connectivity index is 2.20. The molecular formula is C11H22O2. The van der Waals surface area contributed by atoms with Crippen molar-refractivity contribution in [3.05, 3.63) is 0 Å². The van der Waals surface area contributed by atoms with Crippen LogP contribution in [-0.4, -0.2) is 22.9 Å². The molecule has 1 aliphatic heterocycles. The van der Waals surface area contributed by atoms with Crippen LogP contribution in [0, 0.1) is 0 Å². The van der Waals surface area contributed by atoms with Crippen molar-refractivity contribution in [3.63, 3.8) is 0 Å². The first-order valence-corrected chi connectivity index (χ1v) is 5.51. The Hall–Kier alpha value is -0.0800. The zero-order valence-electron chi connectivity index (χ0n) is 9.05. The number of aliphatic hydroxyl groups is 1. The minimum Gasteiger partial charge on any atom is -0.390 e. The number of ether oxygens (including phenoxy) is 1. The van der Waals surface area contributed by atoms with E-state index in [1.165, 1.54) is 12.8 Å². The van der Waals surface area contributed by atoms with Gasteiger partial charge in [-0.1, -0.05) is 33.1 Å². The topological polar surface area (TPSA) is 32.8 Å². The van der Waals surface area contributed by atoms with Gasteiger partial charge in [0.2, 0.25) is 0 Å². The predicted octanol–water partition coefficient (Wildman–Crippen LogP) is 2.50. The lowest BCUT2D eigenvalue weighted by Crippen LogP contribution is -2.28. The molecular weight excluding hydrogens is 164 g/mol. The summed E-state index contributed by atoms with van der Waals surface area (Å²) >= 11 is 0. The molecule has 0 aromatic carbocycles. The lowest BCUT2D eigenvalue weighted by atomic mass is 9.95. The molecule has 1 aliphatic rings. The highest BCUT2D eigenvalue weighted by atomic mass is 16.6. The van der Waals surface area contributed by atoms with E-state index in [9.17, 15) is 5.11 Å². The number of rotatable bonds is 6. The molecule has 0 aromatic heterocycles. The highest BCUT2D eigenvalue weighted by Gasteiger charge is 2.55. The molecule has 1 heterocycles. The summed E-state index contributed by atoms with van der Waals surface area (Å²) in [5, 5.41) is 9.85. The summed E-state index contributed by atoms with van der Waals surface area (Å²) in [6, 6.07) is 0. The van der Waals surface area contributed by atoms with E-state index in [0.29, 0.717) is 6.10 Å². The molecule has 0 bridgehead atoms. The summed E-state index contributed by atoms with van der Waals surface area (Å²) in [4.78, 5) is 0. The Labute approximate surface area is 81.3 Å². The van der Waals surface area contributed by atoms with E-state index < -0.39 is 0 Å². The first-order chi connectivity index (χ1) is 6.15. The van der Waals surface area contributed by atoms with Crippen LogP contribution >= 0.6 is 0 Å². The standard InChI is InChI=1S/C11H22O2/c1-4-6-7-8-9(12)11(3)10(5-2)13-11/h9-10,12H,4-8H2,1-3H3/t9?,10-,11+/m0/s1. The fourth-order valence-corrected chi connectivity index (χ4v) is 1.93. The molecule has 3 atom stereocenters. The van der Waals surface area contributed by atoms with Crippen molar-refractivity contribution in [1.29, 1.82) is 0 Å². The molecule has 78 valence electrons. The summed E-state index contributed by atoms with van der Waals surface area (Å²) in [5.41, 5.74) is -0.220. The van der Waals surface area contributed by atoms with Gasteiger partial charge >= 0.3 is 0 Å². The van der Waals surface area contributed by atoms with Crippen molar-refractivity contribution < 1.29 is 9.84 Å². The molecule has 0 aliphatic carbocycles. The van der Waals surface area contributed by atoms with Crippen molar-refractivity contribution in [2.24, 2.45) is 0 Å². The maximum absolute atomic E-state index is 9.85. The Bertz CT molecular complexity index is 158. The fraction of sp³-hybridized carbons (Fsp3) is 1.00. The maximum atomic E-state index is 9.85. The largest absolute Gasteiger partial charge is 0.390 e. The highest BCUT2D eigenvalue weighted by molar-refractivity contribution is 5.03. The van der Waals surface area contributed by atoms with Crippen LogP contribution in [0.1, 0.15) is 52.9 Å². The third-order valence-electron chi connectivity index (χ3n) is 3.09. The van der Waals surface area contributed by atoms with Gasteiger partial charge in [-0.3, -0.25) is 0 Å². The molecule has 1 unspecified atom stereocenters. The van der Waals surface area contributed by atoms with Crippen molar-refractivity contribution in [3.8, 4) is 0 Å². The molecule has 0 aromatic rings. The molecule has 0 spiro atoms. The second-order valence-corrected chi connectivity index (χ2v) is 4.21. The van der Waals surface area contributed by atoms with Gasteiger partial charge in [0.25, 0.3) is 0 Å². The number of hydrogen-bond donors (Lipinski definition) is 1. The van der Waals surface area contributed by atoms with Gasteiger partial charge in [-0.2, -0.15) is 0 Å². The highest BCUT2D eigenvalue weighted by Crippen LogP contribution is 2.42. The third-order valence-corrected chi connectivity index (χ3v) is 3.09. The van der Waals surface area contributed by atoms with E-state index in [1.54, 1.807) is 0 Å². The van der Waals surface area contributed by atoms with E-state index in [2.05, 4.69) is 13.8 Å². The summed E-state index contributed by atoms with van der Waals surface area (Å²) in [7, 11) is 0. The van der Waals surface area contributed by atoms with Crippen molar-refractivity contribution in [2.75, 3.05) is 0 Å². The minimum absolute atomic E-state index is 0.220. The first-order valence-electron chi connectivity index (χ1n) is 5.51. The number of aliphatic hydroxyl groups excluding tert-OH is 1. The molecule has 0 saturated carbocycles. The molecule has 2 nitrogen and oxygen atoms in total. The van der Waals surface area contributed by atoms with Crippen molar-refractivity contribution in [2.45, 2.75) is 70.7 Å². The number of unbranched alkanes of at least 4 members (excludes halogenated alkanes) is 2. The Morgan fingerprint density at radius 2 is 2.08 bits per heavy atom. The van der Waals surface area contributed by atoms with Gasteiger partial charge in [-0.15, -0.1) is 0 Å². The molecule has 1 fully saturated rings. The van der Waals surface area contributed by atoms with E-state index >= 15 is 0 Å². The van der Waals surface area contributed by atoms with Crippen LogP contribution in [0.5, 0.6) is 0 Å². The molecule has 0 radical (unpaired) electrons. The smallest absolute Gasteiger partial charge is 0.118 e. The third kappa shape index (κ3) is 2.44. The lowest BCUT2D eigenvalue weighted by molar-refractivity contribution is 0.0752. The average Bonchev–Trinajstić information content (AvgIpc) is 2.79. The van der Waals surface area contributed by atoms with Crippen LogP contribution in [0.25, 0.3) is 0 Å². The Kier molecular flexibility index (Phi) is 3.74. The minimum atomic E-state index is -0.260. The van der Waals surface area contributed by atoms with Crippen LogP contribution in [-0.2, 0) is 4.74 Å². The summed E-state index contributed by atoms with van der Waals surface area (Å²) in [6.45, 7) is 6.31. The van der Waals surface area contributed by atoms with Gasteiger partial charge < -0.3 is 9.84 Å². The lowest BCUT2D eigenvalue weighted by Gasteiger charge is -2.14. The molecule has 2 heteroatoms. The maximum Gasteiger partial charge on any atom is 0.118 e. The van der Waals surface area contributed by atoms with Crippen LogP contribution < -0.4 is 0 Å². The van der Waals surface area contributed by atoms with Crippen LogP contribution in [0.3, 0.4) is 0 Å². The zero-order valence-corrected chi connectivity index (χ0v) is 9.05. The van der Waals surface area contributed by atoms with E-state index in [-0.39, 0.29) is 11.7 Å². The van der Waals surface area contributed by atoms with E-state index in [0.717, 1.165) is 19.3 Å². The van der Waals surface area contributed by atoms with Crippen molar-refractivity contribution in [1.82, 2.24) is 0 Å². The first kappa shape index (κ1) is 11.0. The summed E-state index contributed by atoms with van der Waals surface area (Å²) in [6.07, 6.45) is 5.48. The van der Waals surface area contributed by atoms with Gasteiger partial charge in [0.15, 0.2) is 0 Å². The van der Waals surface area contributed by atoms with Gasteiger partial charge in [0.1, 0.15) is 5.60 Å². The van der Waals surface area contributed by atoms with E-state index in [1.807, 2.05) is 6.92 Å². The quantitative estimate of drug-likeness (QED) is 0.510. The Morgan fingerprint density at radius 1 is 1.38 bits per heavy atom. The van der Waals surface area contributed by atoms with Crippen LogP contribution in [0.15, 0.2) is 0 Å². The van der Waals surface area contributed by atoms with Gasteiger partial charge in [0.05, 0.1) is 12.2 Å². The SMILES string of the molecule is CCCCCC(O)[C@@]1(C)O[C@H]1CC. The van der Waals surface area contributed by atoms with Crippen LogP contribution in [0.4, 0.5) is 0 Å². The second kappa shape index (κ2) is 4.43. The molecule has 1 rings (SSSR count). The molecule has 13 heavy (non-hydrogen) atoms. The fourth-order valence-electron chi connectivity index (χ4n) is 1.93. The normalized spacial score (nSPS) is 34.6. The van der Waals surface area contributed by atoms with Gasteiger partial charge in [0, 0.05) is 0 Å². The summed E-state index contributed by atoms with van der Waals surface area (Å²) in [5.74, 6) is 0. The van der Waals surface area contributed by atoms with Crippen molar-refractivity contribution >= 4 is 0 Å². The summed E-state index contributed by atoms with van der Waals surface area (Å²) < 4.78 is 5.50. The number of epoxide rings is 1. The Morgan fingerprint density at radius 3 is 2.54 bits per heavy atom. The average molecular weight is 186 g/mol. The molecule has 0 amide bonds.